The second-order valence-electron chi connectivity index (χ2n) is 7.14. The van der Waals surface area contributed by atoms with Crippen LogP contribution in [0.15, 0.2) is 58.6 Å². The van der Waals surface area contributed by atoms with E-state index in [1.807, 2.05) is 0 Å². The molecule has 0 N–H and O–H groups in total. The van der Waals surface area contributed by atoms with E-state index in [4.69, 9.17) is 16.3 Å². The third-order valence-corrected chi connectivity index (χ3v) is 7.20. The standard InChI is InChI=1S/C20H19ClN4O5S/c21-15-3-4-18-23-16(10-19(26)25(18)12-15)13-30-20(27)14-5-8-24(9-6-14)31(28,29)17-2-1-7-22-11-17/h1-4,7,10-12,14H,5-6,8-9,13H2. The van der Waals surface area contributed by atoms with Gasteiger partial charge in [-0.05, 0) is 37.1 Å². The first-order valence-corrected chi connectivity index (χ1v) is 11.4. The summed E-state index contributed by atoms with van der Waals surface area (Å²) in [6, 6.07) is 7.58. The SMILES string of the molecule is O=C(OCc1cc(=O)n2cc(Cl)ccc2n1)C1CCN(S(=O)(=O)c2cccnc2)CC1. The molecule has 0 amide bonds. The van der Waals surface area contributed by atoms with Gasteiger partial charge in [0.25, 0.3) is 5.56 Å². The number of sulfonamides is 1. The van der Waals surface area contributed by atoms with Gasteiger partial charge in [0.15, 0.2) is 0 Å². The fourth-order valence-corrected chi connectivity index (χ4v) is 5.04. The van der Waals surface area contributed by atoms with E-state index in [1.165, 1.54) is 39.4 Å². The normalized spacial score (nSPS) is 15.8. The number of ether oxygens (including phenoxy) is 1. The second-order valence-corrected chi connectivity index (χ2v) is 9.51. The lowest BCUT2D eigenvalue weighted by molar-refractivity contribution is -0.151. The van der Waals surface area contributed by atoms with Crippen molar-refractivity contribution in [2.24, 2.45) is 5.92 Å². The second kappa shape index (κ2) is 8.74. The van der Waals surface area contributed by atoms with Crippen molar-refractivity contribution < 1.29 is 17.9 Å². The number of carbonyl (C=O) groups excluding carboxylic acids is 1. The molecule has 1 aliphatic rings. The molecule has 3 aromatic rings. The molecule has 9 nitrogen and oxygen atoms in total. The van der Waals surface area contributed by atoms with Crippen molar-refractivity contribution in [3.63, 3.8) is 0 Å². The Labute approximate surface area is 183 Å². The van der Waals surface area contributed by atoms with Crippen molar-refractivity contribution >= 4 is 33.2 Å². The zero-order valence-corrected chi connectivity index (χ0v) is 17.9. The third kappa shape index (κ3) is 4.60. The topological polar surface area (TPSA) is 111 Å². The van der Waals surface area contributed by atoms with Crippen LogP contribution in [0.2, 0.25) is 5.02 Å². The Balaban J connectivity index is 1.36. The first-order chi connectivity index (χ1) is 14.8. The lowest BCUT2D eigenvalue weighted by atomic mass is 9.98. The molecule has 0 atom stereocenters. The van der Waals surface area contributed by atoms with Crippen LogP contribution in [-0.4, -0.2) is 46.2 Å². The Kier molecular flexibility index (Phi) is 6.03. The highest BCUT2D eigenvalue weighted by Gasteiger charge is 2.33. The summed E-state index contributed by atoms with van der Waals surface area (Å²) in [5, 5.41) is 0.410. The minimum Gasteiger partial charge on any atom is -0.459 e. The van der Waals surface area contributed by atoms with Crippen molar-refractivity contribution in [1.82, 2.24) is 18.7 Å². The van der Waals surface area contributed by atoms with E-state index in [-0.39, 0.29) is 30.2 Å². The van der Waals surface area contributed by atoms with Gasteiger partial charge < -0.3 is 4.74 Å². The Hall–Kier alpha value is -2.82. The summed E-state index contributed by atoms with van der Waals surface area (Å²) in [7, 11) is -3.63. The van der Waals surface area contributed by atoms with Crippen LogP contribution < -0.4 is 5.56 Å². The summed E-state index contributed by atoms with van der Waals surface area (Å²) in [4.78, 5) is 33.0. The predicted octanol–water partition coefficient (Wildman–Crippen LogP) is 1.89. The molecule has 0 unspecified atom stereocenters. The molecule has 0 bridgehead atoms. The highest BCUT2D eigenvalue weighted by molar-refractivity contribution is 7.89. The maximum absolute atomic E-state index is 12.7. The quantitative estimate of drug-likeness (QED) is 0.532. The zero-order chi connectivity index (χ0) is 22.0. The van der Waals surface area contributed by atoms with E-state index in [9.17, 15) is 18.0 Å². The summed E-state index contributed by atoms with van der Waals surface area (Å²) in [5.41, 5.74) is 0.404. The maximum atomic E-state index is 12.7. The number of aromatic nitrogens is 3. The molecule has 0 aliphatic carbocycles. The van der Waals surface area contributed by atoms with Crippen molar-refractivity contribution in [1.29, 1.82) is 0 Å². The van der Waals surface area contributed by atoms with Gasteiger partial charge in [0.2, 0.25) is 10.0 Å². The Morgan fingerprint density at radius 2 is 2.00 bits per heavy atom. The maximum Gasteiger partial charge on any atom is 0.309 e. The fourth-order valence-electron chi connectivity index (χ4n) is 3.44. The van der Waals surface area contributed by atoms with Gasteiger partial charge in [-0.2, -0.15) is 4.31 Å². The first kappa shape index (κ1) is 21.4. The van der Waals surface area contributed by atoms with Crippen LogP contribution in [0.1, 0.15) is 18.5 Å². The van der Waals surface area contributed by atoms with E-state index in [0.29, 0.717) is 29.2 Å². The van der Waals surface area contributed by atoms with Gasteiger partial charge in [0, 0.05) is 37.7 Å². The zero-order valence-electron chi connectivity index (χ0n) is 16.3. The van der Waals surface area contributed by atoms with Crippen LogP contribution in [0, 0.1) is 5.92 Å². The molecule has 31 heavy (non-hydrogen) atoms. The van der Waals surface area contributed by atoms with E-state index in [2.05, 4.69) is 9.97 Å². The van der Waals surface area contributed by atoms with Gasteiger partial charge in [-0.3, -0.25) is 19.0 Å². The van der Waals surface area contributed by atoms with Crippen LogP contribution in [0.3, 0.4) is 0 Å². The van der Waals surface area contributed by atoms with Crippen molar-refractivity contribution in [2.45, 2.75) is 24.3 Å². The molecule has 1 aliphatic heterocycles. The molecule has 11 heteroatoms. The number of piperidine rings is 1. The summed E-state index contributed by atoms with van der Waals surface area (Å²) < 4.78 is 33.3. The average Bonchev–Trinajstić information content (AvgIpc) is 2.78. The Morgan fingerprint density at radius 1 is 1.23 bits per heavy atom. The Morgan fingerprint density at radius 3 is 2.71 bits per heavy atom. The van der Waals surface area contributed by atoms with Gasteiger partial charge >= 0.3 is 5.97 Å². The molecular weight excluding hydrogens is 444 g/mol. The molecule has 1 saturated heterocycles. The molecular formula is C20H19ClN4O5S. The number of carbonyl (C=O) groups is 1. The highest BCUT2D eigenvalue weighted by Crippen LogP contribution is 2.24. The Bertz CT molecular complexity index is 1270. The summed E-state index contributed by atoms with van der Waals surface area (Å²) in [6.07, 6.45) is 4.99. The molecule has 0 aromatic carbocycles. The van der Waals surface area contributed by atoms with E-state index in [1.54, 1.807) is 18.2 Å². The minimum atomic E-state index is -3.63. The van der Waals surface area contributed by atoms with E-state index >= 15 is 0 Å². The monoisotopic (exact) mass is 462 g/mol. The van der Waals surface area contributed by atoms with Crippen LogP contribution in [0.5, 0.6) is 0 Å². The predicted molar refractivity (Wildman–Crippen MR) is 112 cm³/mol. The van der Waals surface area contributed by atoms with Gasteiger partial charge in [-0.15, -0.1) is 0 Å². The number of esters is 1. The van der Waals surface area contributed by atoms with E-state index < -0.39 is 21.9 Å². The van der Waals surface area contributed by atoms with Crippen molar-refractivity contribution in [2.75, 3.05) is 13.1 Å². The molecule has 0 saturated carbocycles. The van der Waals surface area contributed by atoms with Crippen molar-refractivity contribution in [3.05, 3.63) is 70.0 Å². The summed E-state index contributed by atoms with van der Waals surface area (Å²) in [6.45, 7) is 0.294. The first-order valence-electron chi connectivity index (χ1n) is 9.59. The van der Waals surface area contributed by atoms with Crippen LogP contribution >= 0.6 is 11.6 Å². The molecule has 4 heterocycles. The molecule has 0 spiro atoms. The minimum absolute atomic E-state index is 0.131. The molecule has 3 aromatic heterocycles. The summed E-state index contributed by atoms with van der Waals surface area (Å²) in [5.74, 6) is -0.850. The fraction of sp³-hybridized carbons (Fsp3) is 0.300. The number of hydrogen-bond donors (Lipinski definition) is 0. The number of halogens is 1. The largest absolute Gasteiger partial charge is 0.459 e. The molecule has 0 radical (unpaired) electrons. The third-order valence-electron chi connectivity index (χ3n) is 5.10. The van der Waals surface area contributed by atoms with Crippen LogP contribution in [-0.2, 0) is 26.2 Å². The van der Waals surface area contributed by atoms with Crippen LogP contribution in [0.25, 0.3) is 5.65 Å². The van der Waals surface area contributed by atoms with Crippen LogP contribution in [0.4, 0.5) is 0 Å². The molecule has 1 fully saturated rings. The number of rotatable bonds is 5. The number of nitrogens with zero attached hydrogens (tertiary/aromatic N) is 4. The number of hydrogen-bond acceptors (Lipinski definition) is 7. The van der Waals surface area contributed by atoms with Crippen molar-refractivity contribution in [3.8, 4) is 0 Å². The highest BCUT2D eigenvalue weighted by atomic mass is 35.5. The number of fused-ring (bicyclic) bond motifs is 1. The van der Waals surface area contributed by atoms with E-state index in [0.717, 1.165) is 0 Å². The molecule has 4 rings (SSSR count). The summed E-state index contributed by atoms with van der Waals surface area (Å²) >= 11 is 5.89. The lowest BCUT2D eigenvalue weighted by Gasteiger charge is -2.30. The lowest BCUT2D eigenvalue weighted by Crippen LogP contribution is -2.40. The number of pyridine rings is 2. The molecule has 162 valence electrons. The van der Waals surface area contributed by atoms with Gasteiger partial charge in [0.1, 0.15) is 17.1 Å². The van der Waals surface area contributed by atoms with Gasteiger partial charge in [0.05, 0.1) is 16.6 Å². The smallest absolute Gasteiger partial charge is 0.309 e. The van der Waals surface area contributed by atoms with Gasteiger partial charge in [-0.25, -0.2) is 13.4 Å². The average molecular weight is 463 g/mol. The van der Waals surface area contributed by atoms with Gasteiger partial charge in [-0.1, -0.05) is 11.6 Å².